The number of aromatic nitrogens is 1. The predicted molar refractivity (Wildman–Crippen MR) is 69.1 cm³/mol. The normalized spacial score (nSPS) is 16.8. The molecule has 3 nitrogen and oxygen atoms in total. The maximum absolute atomic E-state index is 5.98. The molecule has 1 heterocycles. The van der Waals surface area contributed by atoms with Gasteiger partial charge < -0.3 is 15.5 Å². The van der Waals surface area contributed by atoms with Gasteiger partial charge in [0.2, 0.25) is 0 Å². The Balaban J connectivity index is 1.84. The molecule has 0 saturated heterocycles. The number of hydrogen-bond donors (Lipinski definition) is 2. The van der Waals surface area contributed by atoms with E-state index in [-0.39, 0.29) is 0 Å². The van der Waals surface area contributed by atoms with E-state index in [9.17, 15) is 0 Å². The molecule has 0 spiro atoms. The van der Waals surface area contributed by atoms with Crippen molar-refractivity contribution in [1.82, 2.24) is 4.98 Å². The van der Waals surface area contributed by atoms with Crippen molar-refractivity contribution in [3.8, 4) is 5.75 Å². The van der Waals surface area contributed by atoms with Crippen LogP contribution in [0, 0.1) is 0 Å². The average Bonchev–Trinajstić information content (AvgIpc) is 2.96. The predicted octanol–water partition coefficient (Wildman–Crippen LogP) is 2.95. The molecule has 1 fully saturated rings. The molecule has 1 aromatic carbocycles. The zero-order valence-corrected chi connectivity index (χ0v) is 9.91. The van der Waals surface area contributed by atoms with E-state index >= 15 is 0 Å². The van der Waals surface area contributed by atoms with Gasteiger partial charge in [0.15, 0.2) is 0 Å². The van der Waals surface area contributed by atoms with Gasteiger partial charge in [0.25, 0.3) is 0 Å². The first-order chi connectivity index (χ1) is 8.35. The number of aromatic amines is 1. The van der Waals surface area contributed by atoms with E-state index in [1.807, 2.05) is 0 Å². The van der Waals surface area contributed by atoms with Crippen LogP contribution in [0.25, 0.3) is 10.9 Å². The van der Waals surface area contributed by atoms with Gasteiger partial charge in [0.05, 0.1) is 6.10 Å². The van der Waals surface area contributed by atoms with Crippen molar-refractivity contribution in [1.29, 1.82) is 0 Å². The lowest BCUT2D eigenvalue weighted by molar-refractivity contribution is 0.210. The summed E-state index contributed by atoms with van der Waals surface area (Å²) in [7, 11) is 0. The molecule has 0 amide bonds. The van der Waals surface area contributed by atoms with Gasteiger partial charge in [-0.3, -0.25) is 0 Å². The minimum atomic E-state index is 0.413. The third-order valence-electron chi connectivity index (χ3n) is 3.47. The molecule has 3 heteroatoms. The van der Waals surface area contributed by atoms with Crippen molar-refractivity contribution in [2.24, 2.45) is 5.73 Å². The zero-order valence-electron chi connectivity index (χ0n) is 9.91. The van der Waals surface area contributed by atoms with Crippen LogP contribution in [0.4, 0.5) is 0 Å². The monoisotopic (exact) mass is 230 g/mol. The maximum atomic E-state index is 5.98. The van der Waals surface area contributed by atoms with Gasteiger partial charge in [0.1, 0.15) is 5.75 Å². The molecular formula is C14H18N2O. The van der Waals surface area contributed by atoms with Crippen LogP contribution in [0.1, 0.15) is 31.4 Å². The number of rotatable bonds is 3. The average molecular weight is 230 g/mol. The number of ether oxygens (including phenoxy) is 1. The summed E-state index contributed by atoms with van der Waals surface area (Å²) in [5.74, 6) is 0.967. The maximum Gasteiger partial charge on any atom is 0.121 e. The minimum Gasteiger partial charge on any atom is -0.490 e. The lowest BCUT2D eigenvalue weighted by Crippen LogP contribution is -2.10. The molecule has 0 bridgehead atoms. The summed E-state index contributed by atoms with van der Waals surface area (Å²) in [5.41, 5.74) is 7.80. The van der Waals surface area contributed by atoms with Crippen molar-refractivity contribution in [2.45, 2.75) is 38.3 Å². The van der Waals surface area contributed by atoms with Crippen molar-refractivity contribution in [2.75, 3.05) is 0 Å². The summed E-state index contributed by atoms with van der Waals surface area (Å²) in [6.07, 6.45) is 5.39. The van der Waals surface area contributed by atoms with Crippen molar-refractivity contribution < 1.29 is 4.74 Å². The number of nitrogens with two attached hydrogens (primary N) is 1. The standard InChI is InChI=1S/C14H18N2O/c15-9-11-7-10-5-6-13(8-14(10)16-11)17-12-3-1-2-4-12/h5-8,12,16H,1-4,9,15H2. The van der Waals surface area contributed by atoms with Crippen LogP contribution >= 0.6 is 0 Å². The number of fused-ring (bicyclic) bond motifs is 1. The quantitative estimate of drug-likeness (QED) is 0.851. The Morgan fingerprint density at radius 3 is 2.82 bits per heavy atom. The van der Waals surface area contributed by atoms with E-state index in [1.165, 1.54) is 31.1 Å². The summed E-state index contributed by atoms with van der Waals surface area (Å²) >= 11 is 0. The molecule has 1 aromatic heterocycles. The van der Waals surface area contributed by atoms with Crippen LogP contribution < -0.4 is 10.5 Å². The lowest BCUT2D eigenvalue weighted by atomic mass is 10.2. The summed E-state index contributed by atoms with van der Waals surface area (Å²) in [6.45, 7) is 0.549. The van der Waals surface area contributed by atoms with E-state index in [2.05, 4.69) is 29.2 Å². The van der Waals surface area contributed by atoms with Crippen LogP contribution in [0.5, 0.6) is 5.75 Å². The van der Waals surface area contributed by atoms with Crippen molar-refractivity contribution >= 4 is 10.9 Å². The first-order valence-corrected chi connectivity index (χ1v) is 6.33. The fourth-order valence-electron chi connectivity index (χ4n) is 2.55. The van der Waals surface area contributed by atoms with Crippen LogP contribution in [0.15, 0.2) is 24.3 Å². The van der Waals surface area contributed by atoms with E-state index in [0.717, 1.165) is 17.0 Å². The molecule has 3 rings (SSSR count). The number of hydrogen-bond acceptors (Lipinski definition) is 2. The second-order valence-electron chi connectivity index (χ2n) is 4.77. The highest BCUT2D eigenvalue weighted by molar-refractivity contribution is 5.81. The third-order valence-corrected chi connectivity index (χ3v) is 3.47. The Morgan fingerprint density at radius 2 is 2.06 bits per heavy atom. The molecule has 0 aliphatic heterocycles. The first-order valence-electron chi connectivity index (χ1n) is 6.33. The lowest BCUT2D eigenvalue weighted by Gasteiger charge is -2.12. The van der Waals surface area contributed by atoms with Gasteiger partial charge in [0, 0.05) is 23.8 Å². The van der Waals surface area contributed by atoms with Crippen molar-refractivity contribution in [3.05, 3.63) is 30.0 Å². The summed E-state index contributed by atoms with van der Waals surface area (Å²) < 4.78 is 5.98. The van der Waals surface area contributed by atoms with Gasteiger partial charge >= 0.3 is 0 Å². The first kappa shape index (κ1) is 10.7. The molecule has 90 valence electrons. The van der Waals surface area contributed by atoms with Gasteiger partial charge in [-0.2, -0.15) is 0 Å². The largest absolute Gasteiger partial charge is 0.490 e. The second kappa shape index (κ2) is 4.41. The van der Waals surface area contributed by atoms with Crippen LogP contribution in [0.3, 0.4) is 0 Å². The number of nitrogens with one attached hydrogen (secondary N) is 1. The van der Waals surface area contributed by atoms with Crippen LogP contribution in [0.2, 0.25) is 0 Å². The Labute approximate surface area is 101 Å². The van der Waals surface area contributed by atoms with Crippen LogP contribution in [-0.4, -0.2) is 11.1 Å². The third kappa shape index (κ3) is 2.15. The molecule has 1 aliphatic rings. The molecule has 17 heavy (non-hydrogen) atoms. The summed E-state index contributed by atoms with van der Waals surface area (Å²) in [5, 5.41) is 1.20. The Kier molecular flexibility index (Phi) is 2.77. The highest BCUT2D eigenvalue weighted by atomic mass is 16.5. The zero-order chi connectivity index (χ0) is 11.7. The number of H-pyrrole nitrogens is 1. The Hall–Kier alpha value is -1.48. The smallest absolute Gasteiger partial charge is 0.121 e. The van der Waals surface area contributed by atoms with Gasteiger partial charge in [-0.1, -0.05) is 0 Å². The highest BCUT2D eigenvalue weighted by Crippen LogP contribution is 2.26. The van der Waals surface area contributed by atoms with E-state index < -0.39 is 0 Å². The fourth-order valence-corrected chi connectivity index (χ4v) is 2.55. The SMILES string of the molecule is NCc1cc2ccc(OC3CCCC3)cc2[nH]1. The molecule has 2 aromatic rings. The molecular weight excluding hydrogens is 212 g/mol. The van der Waals surface area contributed by atoms with Crippen molar-refractivity contribution in [3.63, 3.8) is 0 Å². The molecule has 1 saturated carbocycles. The summed E-state index contributed by atoms with van der Waals surface area (Å²) in [6, 6.07) is 8.31. The summed E-state index contributed by atoms with van der Waals surface area (Å²) in [4.78, 5) is 3.31. The topological polar surface area (TPSA) is 51.0 Å². The second-order valence-corrected chi connectivity index (χ2v) is 4.77. The van der Waals surface area contributed by atoms with E-state index in [1.54, 1.807) is 0 Å². The van der Waals surface area contributed by atoms with Gasteiger partial charge in [-0.05, 0) is 49.3 Å². The molecule has 0 unspecified atom stereocenters. The number of benzene rings is 1. The van der Waals surface area contributed by atoms with E-state index in [4.69, 9.17) is 10.5 Å². The Bertz CT molecular complexity index is 512. The van der Waals surface area contributed by atoms with E-state index in [0.29, 0.717) is 12.6 Å². The molecule has 0 atom stereocenters. The fraction of sp³-hybridized carbons (Fsp3) is 0.429. The Morgan fingerprint density at radius 1 is 1.24 bits per heavy atom. The van der Waals surface area contributed by atoms with Gasteiger partial charge in [-0.25, -0.2) is 0 Å². The highest BCUT2D eigenvalue weighted by Gasteiger charge is 2.16. The molecule has 1 aliphatic carbocycles. The van der Waals surface area contributed by atoms with Crippen LogP contribution in [-0.2, 0) is 6.54 Å². The minimum absolute atomic E-state index is 0.413. The molecule has 3 N–H and O–H groups in total. The molecule has 0 radical (unpaired) electrons. The van der Waals surface area contributed by atoms with Gasteiger partial charge in [-0.15, -0.1) is 0 Å².